The third kappa shape index (κ3) is 1.06. The van der Waals surface area contributed by atoms with Crippen LogP contribution in [0.25, 0.3) is 0 Å². The van der Waals surface area contributed by atoms with Crippen molar-refractivity contribution in [3.05, 3.63) is 0 Å². The summed E-state index contributed by atoms with van der Waals surface area (Å²) < 4.78 is 28.1. The Hall–Kier alpha value is -0.180. The number of hydrogen-bond donors (Lipinski definition) is 1. The monoisotopic (exact) mass is 187 g/mol. The molecule has 4 rings (SSSR count). The third-order valence-electron chi connectivity index (χ3n) is 3.98. The Kier molecular flexibility index (Phi) is 1.21. The first-order valence-corrected chi connectivity index (χ1v) is 5.07. The van der Waals surface area contributed by atoms with Gasteiger partial charge in [-0.2, -0.15) is 0 Å². The van der Waals surface area contributed by atoms with Crippen LogP contribution in [0.2, 0.25) is 0 Å². The molecule has 4 saturated carbocycles. The van der Waals surface area contributed by atoms with Crippen molar-refractivity contribution in [2.75, 3.05) is 0 Å². The smallest absolute Gasteiger partial charge is 0.116 e. The van der Waals surface area contributed by atoms with Crippen LogP contribution in [0.1, 0.15) is 38.5 Å². The van der Waals surface area contributed by atoms with Crippen LogP contribution in [0, 0.1) is 5.92 Å². The van der Waals surface area contributed by atoms with E-state index < -0.39 is 16.9 Å². The Bertz CT molecular complexity index is 215. The molecule has 0 aromatic rings. The van der Waals surface area contributed by atoms with Crippen LogP contribution >= 0.6 is 0 Å². The van der Waals surface area contributed by atoms with Gasteiger partial charge in [0.25, 0.3) is 0 Å². The minimum atomic E-state index is -1.27. The van der Waals surface area contributed by atoms with Gasteiger partial charge in [-0.3, -0.25) is 0 Å². The summed E-state index contributed by atoms with van der Waals surface area (Å²) in [4.78, 5) is 0. The fourth-order valence-electron chi connectivity index (χ4n) is 4.28. The van der Waals surface area contributed by atoms with E-state index in [9.17, 15) is 8.78 Å². The predicted octanol–water partition coefficient (Wildman–Crippen LogP) is 2.10. The molecule has 0 saturated heterocycles. The summed E-state index contributed by atoms with van der Waals surface area (Å²) >= 11 is 0. The molecule has 3 heteroatoms. The molecule has 2 atom stereocenters. The standard InChI is InChI=1S/C10H15F2N/c11-8-1-7-2-9(12,4-8)6-10(13,3-7)5-8/h7H,1-6,13H2. The van der Waals surface area contributed by atoms with Crippen LogP contribution in [-0.2, 0) is 0 Å². The number of alkyl halides is 2. The molecule has 1 nitrogen and oxygen atoms in total. The van der Waals surface area contributed by atoms with E-state index in [0.717, 1.165) is 6.42 Å². The van der Waals surface area contributed by atoms with Crippen molar-refractivity contribution in [3.63, 3.8) is 0 Å². The van der Waals surface area contributed by atoms with Crippen LogP contribution in [0.4, 0.5) is 8.78 Å². The van der Waals surface area contributed by atoms with Crippen molar-refractivity contribution >= 4 is 0 Å². The van der Waals surface area contributed by atoms with Crippen LogP contribution in [-0.4, -0.2) is 16.9 Å². The van der Waals surface area contributed by atoms with Gasteiger partial charge in [-0.1, -0.05) is 0 Å². The molecule has 0 amide bonds. The normalized spacial score (nSPS) is 64.4. The molecular formula is C10H15F2N. The van der Waals surface area contributed by atoms with Crippen molar-refractivity contribution in [3.8, 4) is 0 Å². The second-order valence-corrected chi connectivity index (χ2v) is 5.67. The van der Waals surface area contributed by atoms with Crippen LogP contribution < -0.4 is 5.73 Å². The number of rotatable bonds is 0. The first-order valence-electron chi connectivity index (χ1n) is 5.07. The number of hydrogen-bond acceptors (Lipinski definition) is 1. The van der Waals surface area contributed by atoms with Gasteiger partial charge in [0.2, 0.25) is 0 Å². The average Bonchev–Trinajstić information content (AvgIpc) is 1.71. The van der Waals surface area contributed by atoms with E-state index in [0.29, 0.717) is 25.7 Å². The summed E-state index contributed by atoms with van der Waals surface area (Å²) in [5.74, 6) is 0.205. The molecule has 74 valence electrons. The zero-order chi connectivity index (χ0) is 9.32. The van der Waals surface area contributed by atoms with Crippen LogP contribution in [0.3, 0.4) is 0 Å². The van der Waals surface area contributed by atoms with Gasteiger partial charge in [-0.15, -0.1) is 0 Å². The Labute approximate surface area is 76.7 Å². The highest BCUT2D eigenvalue weighted by Gasteiger charge is 2.63. The summed E-state index contributed by atoms with van der Waals surface area (Å²) in [6.07, 6.45) is 2.83. The van der Waals surface area contributed by atoms with Crippen LogP contribution in [0.5, 0.6) is 0 Å². The molecule has 13 heavy (non-hydrogen) atoms. The molecule has 0 aromatic carbocycles. The topological polar surface area (TPSA) is 26.0 Å². The summed E-state index contributed by atoms with van der Waals surface area (Å²) in [6, 6.07) is 0. The fourth-order valence-corrected chi connectivity index (χ4v) is 4.28. The molecule has 4 aliphatic carbocycles. The maximum absolute atomic E-state index is 14.1. The SMILES string of the molecule is NC12CC3CC(F)(C1)CC(F)(C3)C2. The minimum absolute atomic E-state index is 0.107. The zero-order valence-corrected chi connectivity index (χ0v) is 7.65. The molecule has 0 heterocycles. The van der Waals surface area contributed by atoms with Gasteiger partial charge in [0.05, 0.1) is 0 Å². The van der Waals surface area contributed by atoms with Crippen molar-refractivity contribution < 1.29 is 8.78 Å². The molecule has 2 N–H and O–H groups in total. The molecule has 0 radical (unpaired) electrons. The molecule has 4 fully saturated rings. The molecule has 0 aliphatic heterocycles. The second kappa shape index (κ2) is 1.92. The lowest BCUT2D eigenvalue weighted by Crippen LogP contribution is -2.66. The first-order chi connectivity index (χ1) is 5.91. The highest BCUT2D eigenvalue weighted by atomic mass is 19.2. The van der Waals surface area contributed by atoms with E-state index in [-0.39, 0.29) is 12.3 Å². The van der Waals surface area contributed by atoms with Crippen molar-refractivity contribution in [1.82, 2.24) is 0 Å². The van der Waals surface area contributed by atoms with Gasteiger partial charge < -0.3 is 5.73 Å². The first kappa shape index (κ1) is 8.16. The minimum Gasteiger partial charge on any atom is -0.325 e. The van der Waals surface area contributed by atoms with E-state index >= 15 is 0 Å². The van der Waals surface area contributed by atoms with Crippen molar-refractivity contribution in [2.45, 2.75) is 55.4 Å². The summed E-state index contributed by atoms with van der Waals surface area (Å²) in [6.45, 7) is 0. The second-order valence-electron chi connectivity index (χ2n) is 5.67. The lowest BCUT2D eigenvalue weighted by atomic mass is 9.51. The maximum atomic E-state index is 14.1. The summed E-state index contributed by atoms with van der Waals surface area (Å²) in [5, 5.41) is 0. The Balaban J connectivity index is 2.03. The molecule has 4 aliphatic rings. The largest absolute Gasteiger partial charge is 0.325 e. The van der Waals surface area contributed by atoms with E-state index in [1.54, 1.807) is 0 Å². The molecule has 0 aromatic heterocycles. The van der Waals surface area contributed by atoms with Gasteiger partial charge in [0, 0.05) is 12.0 Å². The summed E-state index contributed by atoms with van der Waals surface area (Å²) in [7, 11) is 0. The Morgan fingerprint density at radius 1 is 0.923 bits per heavy atom. The maximum Gasteiger partial charge on any atom is 0.116 e. The van der Waals surface area contributed by atoms with E-state index in [1.807, 2.05) is 0 Å². The third-order valence-corrected chi connectivity index (χ3v) is 3.98. The number of nitrogens with two attached hydrogens (primary N) is 1. The van der Waals surface area contributed by atoms with Crippen molar-refractivity contribution in [2.24, 2.45) is 11.7 Å². The van der Waals surface area contributed by atoms with Gasteiger partial charge in [-0.25, -0.2) is 8.78 Å². The van der Waals surface area contributed by atoms with Gasteiger partial charge in [0.15, 0.2) is 0 Å². The predicted molar refractivity (Wildman–Crippen MR) is 45.8 cm³/mol. The van der Waals surface area contributed by atoms with Gasteiger partial charge in [-0.05, 0) is 38.0 Å². The number of halogens is 2. The Morgan fingerprint density at radius 3 is 1.85 bits per heavy atom. The van der Waals surface area contributed by atoms with Gasteiger partial charge >= 0.3 is 0 Å². The Morgan fingerprint density at radius 2 is 1.46 bits per heavy atom. The van der Waals surface area contributed by atoms with E-state index in [2.05, 4.69) is 0 Å². The van der Waals surface area contributed by atoms with Crippen molar-refractivity contribution in [1.29, 1.82) is 0 Å². The lowest BCUT2D eigenvalue weighted by Gasteiger charge is -2.59. The molecule has 0 spiro atoms. The quantitative estimate of drug-likeness (QED) is 0.617. The fraction of sp³-hybridized carbons (Fsp3) is 1.00. The average molecular weight is 187 g/mol. The van der Waals surface area contributed by atoms with Crippen LogP contribution in [0.15, 0.2) is 0 Å². The highest BCUT2D eigenvalue weighted by molar-refractivity contribution is 5.17. The summed E-state index contributed by atoms with van der Waals surface area (Å²) in [5.41, 5.74) is 2.94. The zero-order valence-electron chi connectivity index (χ0n) is 7.65. The van der Waals surface area contributed by atoms with E-state index in [1.165, 1.54) is 0 Å². The van der Waals surface area contributed by atoms with E-state index in [4.69, 9.17) is 5.73 Å². The lowest BCUT2D eigenvalue weighted by molar-refractivity contribution is -0.143. The molecular weight excluding hydrogens is 172 g/mol. The molecule has 2 unspecified atom stereocenters. The van der Waals surface area contributed by atoms with Gasteiger partial charge in [0.1, 0.15) is 11.3 Å². The highest BCUT2D eigenvalue weighted by Crippen LogP contribution is 2.61. The molecule has 4 bridgehead atoms.